The van der Waals surface area contributed by atoms with Crippen LogP contribution < -0.4 is 10.6 Å². The second-order valence-corrected chi connectivity index (χ2v) is 10.9. The van der Waals surface area contributed by atoms with Gasteiger partial charge < -0.3 is 15.5 Å². The highest BCUT2D eigenvalue weighted by molar-refractivity contribution is 8.00. The van der Waals surface area contributed by atoms with Crippen LogP contribution in [0.15, 0.2) is 53.4 Å². The van der Waals surface area contributed by atoms with Crippen LogP contribution in [0.4, 0.5) is 15.1 Å². The fraction of sp³-hybridized carbons (Fsp3) is 0.259. The number of thiophene rings is 1. The third-order valence-electron chi connectivity index (χ3n) is 5.99. The molecule has 2 aromatic carbocycles. The van der Waals surface area contributed by atoms with Gasteiger partial charge in [0.2, 0.25) is 11.8 Å². The summed E-state index contributed by atoms with van der Waals surface area (Å²) in [5.74, 6) is -1.00. The quantitative estimate of drug-likeness (QED) is 0.392. The zero-order valence-corrected chi connectivity index (χ0v) is 22.0. The van der Waals surface area contributed by atoms with E-state index in [1.807, 2.05) is 13.0 Å². The number of carbonyl (C=O) groups is 3. The van der Waals surface area contributed by atoms with Crippen molar-refractivity contribution in [2.45, 2.75) is 43.4 Å². The van der Waals surface area contributed by atoms with E-state index in [0.717, 1.165) is 15.3 Å². The zero-order valence-electron chi connectivity index (χ0n) is 20.3. The summed E-state index contributed by atoms with van der Waals surface area (Å²) < 4.78 is 13.1. The summed E-state index contributed by atoms with van der Waals surface area (Å²) in [6, 6.07) is 14.7. The van der Waals surface area contributed by atoms with Crippen molar-refractivity contribution in [2.24, 2.45) is 0 Å². The minimum Gasteiger partial charge on any atom is -0.337 e. The van der Waals surface area contributed by atoms with Gasteiger partial charge >= 0.3 is 0 Å². The van der Waals surface area contributed by atoms with Crippen molar-refractivity contribution in [2.75, 3.05) is 17.2 Å². The molecule has 7 nitrogen and oxygen atoms in total. The first-order chi connectivity index (χ1) is 17.8. The fourth-order valence-corrected chi connectivity index (χ4v) is 6.24. The number of amides is 3. The van der Waals surface area contributed by atoms with Crippen LogP contribution in [0.1, 0.15) is 46.6 Å². The van der Waals surface area contributed by atoms with E-state index < -0.39 is 11.1 Å². The number of nitriles is 1. The lowest BCUT2D eigenvalue weighted by Gasteiger charge is -2.25. The van der Waals surface area contributed by atoms with E-state index >= 15 is 0 Å². The molecule has 0 radical (unpaired) electrons. The maximum Gasteiger partial charge on any atom is 0.255 e. The van der Waals surface area contributed by atoms with E-state index in [4.69, 9.17) is 0 Å². The first-order valence-electron chi connectivity index (χ1n) is 11.7. The van der Waals surface area contributed by atoms with Crippen LogP contribution >= 0.6 is 23.1 Å². The van der Waals surface area contributed by atoms with E-state index in [1.165, 1.54) is 54.3 Å². The molecule has 0 spiro atoms. The summed E-state index contributed by atoms with van der Waals surface area (Å²) in [5, 5.41) is 15.6. The molecule has 3 aromatic rings. The second kappa shape index (κ2) is 11.6. The van der Waals surface area contributed by atoms with Gasteiger partial charge in [-0.2, -0.15) is 5.26 Å². The topological polar surface area (TPSA) is 102 Å². The third kappa shape index (κ3) is 6.18. The molecule has 190 valence electrons. The predicted octanol–water partition coefficient (Wildman–Crippen LogP) is 5.43. The first-order valence-corrected chi connectivity index (χ1v) is 13.4. The SMILES string of the molecule is CCC(Sc1cccc(NC(=O)c2ccc(F)cc2)c1)C(=O)Nc1sc2c(c1C#N)CCN(C(C)=O)C2. The average molecular weight is 537 g/mol. The van der Waals surface area contributed by atoms with E-state index in [0.29, 0.717) is 47.7 Å². The highest BCUT2D eigenvalue weighted by Crippen LogP contribution is 2.37. The molecule has 10 heteroatoms. The molecule has 2 heterocycles. The lowest BCUT2D eigenvalue weighted by Crippen LogP contribution is -2.33. The molecule has 1 aliphatic heterocycles. The Bertz CT molecular complexity index is 1380. The molecule has 2 N–H and O–H groups in total. The molecule has 0 fully saturated rings. The summed E-state index contributed by atoms with van der Waals surface area (Å²) in [5.41, 5.74) is 2.28. The predicted molar refractivity (Wildman–Crippen MR) is 143 cm³/mol. The van der Waals surface area contributed by atoms with Crippen LogP contribution in [0.25, 0.3) is 0 Å². The summed E-state index contributed by atoms with van der Waals surface area (Å²) in [4.78, 5) is 40.9. The Morgan fingerprint density at radius 1 is 1.19 bits per heavy atom. The lowest BCUT2D eigenvalue weighted by molar-refractivity contribution is -0.129. The van der Waals surface area contributed by atoms with Crippen molar-refractivity contribution < 1.29 is 18.8 Å². The van der Waals surface area contributed by atoms with E-state index in [-0.39, 0.29) is 17.7 Å². The van der Waals surface area contributed by atoms with Gasteiger partial charge in [-0.1, -0.05) is 13.0 Å². The Morgan fingerprint density at radius 2 is 1.95 bits per heavy atom. The molecular weight excluding hydrogens is 511 g/mol. The molecule has 1 aromatic heterocycles. The van der Waals surface area contributed by atoms with Crippen molar-refractivity contribution in [1.82, 2.24) is 4.90 Å². The van der Waals surface area contributed by atoms with Gasteiger partial charge in [-0.3, -0.25) is 14.4 Å². The number of nitrogens with one attached hydrogen (secondary N) is 2. The minimum absolute atomic E-state index is 0.0123. The van der Waals surface area contributed by atoms with Crippen LogP contribution in [-0.2, 0) is 22.6 Å². The number of halogens is 1. The number of fused-ring (bicyclic) bond motifs is 1. The Kier molecular flexibility index (Phi) is 8.26. The highest BCUT2D eigenvalue weighted by Gasteiger charge is 2.27. The van der Waals surface area contributed by atoms with Gasteiger partial charge in [0.05, 0.1) is 17.4 Å². The molecule has 3 amide bonds. The molecular formula is C27H25FN4O3S2. The minimum atomic E-state index is -0.428. The number of thioether (sulfide) groups is 1. The van der Waals surface area contributed by atoms with E-state index in [9.17, 15) is 24.0 Å². The van der Waals surface area contributed by atoms with Gasteiger partial charge in [0.25, 0.3) is 5.91 Å². The third-order valence-corrected chi connectivity index (χ3v) is 8.48. The Labute approximate surface area is 222 Å². The maximum absolute atomic E-state index is 13.2. The Hall–Kier alpha value is -3.68. The summed E-state index contributed by atoms with van der Waals surface area (Å²) in [6.07, 6.45) is 1.14. The van der Waals surface area contributed by atoms with Crippen LogP contribution in [0.2, 0.25) is 0 Å². The molecule has 4 rings (SSSR count). The molecule has 1 aliphatic rings. The molecule has 0 bridgehead atoms. The first kappa shape index (κ1) is 26.4. The van der Waals surface area contributed by atoms with Gasteiger partial charge in [-0.25, -0.2) is 4.39 Å². The molecule has 0 aliphatic carbocycles. The van der Waals surface area contributed by atoms with Crippen LogP contribution in [0.3, 0.4) is 0 Å². The van der Waals surface area contributed by atoms with E-state index in [2.05, 4.69) is 16.7 Å². The normalized spacial score (nSPS) is 13.3. The highest BCUT2D eigenvalue weighted by atomic mass is 32.2. The lowest BCUT2D eigenvalue weighted by atomic mass is 10.0. The van der Waals surface area contributed by atoms with Crippen molar-refractivity contribution >= 4 is 51.5 Å². The van der Waals surface area contributed by atoms with Crippen molar-refractivity contribution in [3.05, 3.63) is 75.9 Å². The van der Waals surface area contributed by atoms with E-state index in [1.54, 1.807) is 23.1 Å². The zero-order chi connectivity index (χ0) is 26.5. The number of carbonyl (C=O) groups excluding carboxylic acids is 3. The van der Waals surface area contributed by atoms with Crippen molar-refractivity contribution in [1.29, 1.82) is 5.26 Å². The van der Waals surface area contributed by atoms with Gasteiger partial charge in [-0.05, 0) is 60.9 Å². The second-order valence-electron chi connectivity index (χ2n) is 8.50. The number of hydrogen-bond acceptors (Lipinski definition) is 6. The number of anilines is 2. The standard InChI is InChI=1S/C27H25FN4O3S2/c1-3-23(26(35)31-27-22(14-29)21-11-12-32(16(2)33)15-24(21)37-27)36-20-6-4-5-19(13-20)30-25(34)17-7-9-18(28)10-8-17/h4-10,13,23H,3,11-12,15H2,1-2H3,(H,30,34)(H,31,35). The fourth-order valence-electron chi connectivity index (χ4n) is 4.01. The monoisotopic (exact) mass is 536 g/mol. The maximum atomic E-state index is 13.2. The summed E-state index contributed by atoms with van der Waals surface area (Å²) in [6.45, 7) is 4.44. The Balaban J connectivity index is 1.44. The smallest absolute Gasteiger partial charge is 0.255 e. The Morgan fingerprint density at radius 3 is 2.62 bits per heavy atom. The van der Waals surface area contributed by atoms with Gasteiger partial charge in [0, 0.05) is 34.5 Å². The molecule has 0 saturated carbocycles. The molecule has 1 unspecified atom stereocenters. The van der Waals surface area contributed by atoms with Gasteiger partial charge in [-0.15, -0.1) is 23.1 Å². The summed E-state index contributed by atoms with van der Waals surface area (Å²) >= 11 is 2.71. The van der Waals surface area contributed by atoms with Crippen molar-refractivity contribution in [3.8, 4) is 6.07 Å². The number of nitrogens with zero attached hydrogens (tertiary/aromatic N) is 2. The summed E-state index contributed by atoms with van der Waals surface area (Å²) in [7, 11) is 0. The van der Waals surface area contributed by atoms with Crippen molar-refractivity contribution in [3.63, 3.8) is 0 Å². The van der Waals surface area contributed by atoms with Gasteiger partial charge in [0.1, 0.15) is 16.9 Å². The average Bonchev–Trinajstić information content (AvgIpc) is 3.23. The number of rotatable bonds is 7. The van der Waals surface area contributed by atoms with Gasteiger partial charge in [0.15, 0.2) is 0 Å². The number of hydrogen-bond donors (Lipinski definition) is 2. The number of benzene rings is 2. The molecule has 1 atom stereocenters. The largest absolute Gasteiger partial charge is 0.337 e. The molecule has 37 heavy (non-hydrogen) atoms. The van der Waals surface area contributed by atoms with Crippen LogP contribution in [0.5, 0.6) is 0 Å². The van der Waals surface area contributed by atoms with Crippen LogP contribution in [-0.4, -0.2) is 34.4 Å². The van der Waals surface area contributed by atoms with Crippen LogP contribution in [0, 0.1) is 17.1 Å². The molecule has 0 saturated heterocycles.